The van der Waals surface area contributed by atoms with Crippen molar-refractivity contribution in [3.63, 3.8) is 0 Å². The highest BCUT2D eigenvalue weighted by Gasteiger charge is 2.31. The Kier molecular flexibility index (Phi) is 2.68. The van der Waals surface area contributed by atoms with E-state index in [1.807, 2.05) is 37.3 Å². The van der Waals surface area contributed by atoms with Gasteiger partial charge in [0.25, 0.3) is 5.91 Å². The molecule has 0 bridgehead atoms. The van der Waals surface area contributed by atoms with Crippen LogP contribution in [0.1, 0.15) is 12.5 Å². The summed E-state index contributed by atoms with van der Waals surface area (Å²) >= 11 is 5.09. The number of carbonyl (C=O) groups is 1. The zero-order chi connectivity index (χ0) is 10.8. The quantitative estimate of drug-likeness (QED) is 0.762. The molecule has 15 heavy (non-hydrogen) atoms. The molecule has 78 valence electrons. The number of thiocarbonyl (C=S) groups is 1. The molecule has 1 heterocycles. The van der Waals surface area contributed by atoms with Crippen molar-refractivity contribution >= 4 is 23.2 Å². The molecule has 1 saturated heterocycles. The van der Waals surface area contributed by atoms with E-state index in [0.29, 0.717) is 11.7 Å². The molecule has 0 unspecified atom stereocenters. The maximum atomic E-state index is 11.7. The molecule has 0 spiro atoms. The van der Waals surface area contributed by atoms with Crippen molar-refractivity contribution in [2.24, 2.45) is 0 Å². The molecular formula is C11H12N2OS. The standard InChI is InChI=1S/C11H12N2OS/c1-8-10(14)13(11(15)12-8)7-9-5-3-2-4-6-9/h2-6,8H,7H2,1H3,(H,12,15)/t8-/m0/s1. The Labute approximate surface area is 94.1 Å². The van der Waals surface area contributed by atoms with Gasteiger partial charge in [-0.2, -0.15) is 0 Å². The van der Waals surface area contributed by atoms with Gasteiger partial charge in [0, 0.05) is 0 Å². The molecule has 0 aromatic heterocycles. The van der Waals surface area contributed by atoms with E-state index in [9.17, 15) is 4.79 Å². The lowest BCUT2D eigenvalue weighted by molar-refractivity contribution is -0.127. The first-order chi connectivity index (χ1) is 7.18. The Morgan fingerprint density at radius 2 is 2.07 bits per heavy atom. The molecule has 1 N–H and O–H groups in total. The van der Waals surface area contributed by atoms with Crippen LogP contribution >= 0.6 is 12.2 Å². The molecule has 0 aliphatic carbocycles. The highest BCUT2D eigenvalue weighted by molar-refractivity contribution is 7.80. The van der Waals surface area contributed by atoms with Crippen molar-refractivity contribution in [1.82, 2.24) is 10.2 Å². The summed E-state index contributed by atoms with van der Waals surface area (Å²) in [5, 5.41) is 3.47. The van der Waals surface area contributed by atoms with Gasteiger partial charge in [-0.25, -0.2) is 0 Å². The maximum Gasteiger partial charge on any atom is 0.251 e. The van der Waals surface area contributed by atoms with Gasteiger partial charge in [0.2, 0.25) is 0 Å². The van der Waals surface area contributed by atoms with Crippen LogP contribution in [0.3, 0.4) is 0 Å². The van der Waals surface area contributed by atoms with Crippen molar-refractivity contribution in [2.45, 2.75) is 19.5 Å². The van der Waals surface area contributed by atoms with Crippen LogP contribution in [-0.2, 0) is 11.3 Å². The summed E-state index contributed by atoms with van der Waals surface area (Å²) in [6.07, 6.45) is 0. The van der Waals surface area contributed by atoms with Crippen LogP contribution in [0.2, 0.25) is 0 Å². The first kappa shape index (κ1) is 10.1. The van der Waals surface area contributed by atoms with Gasteiger partial charge in [0.1, 0.15) is 6.04 Å². The second-order valence-corrected chi connectivity index (χ2v) is 3.97. The third-order valence-electron chi connectivity index (χ3n) is 2.41. The molecule has 1 atom stereocenters. The van der Waals surface area contributed by atoms with Crippen molar-refractivity contribution in [1.29, 1.82) is 0 Å². The van der Waals surface area contributed by atoms with E-state index in [1.54, 1.807) is 4.90 Å². The first-order valence-electron chi connectivity index (χ1n) is 4.84. The first-order valence-corrected chi connectivity index (χ1v) is 5.25. The highest BCUT2D eigenvalue weighted by atomic mass is 32.1. The average molecular weight is 220 g/mol. The Morgan fingerprint density at radius 1 is 1.40 bits per heavy atom. The van der Waals surface area contributed by atoms with Gasteiger partial charge in [-0.3, -0.25) is 9.69 Å². The van der Waals surface area contributed by atoms with Crippen molar-refractivity contribution in [3.05, 3.63) is 35.9 Å². The molecule has 1 fully saturated rings. The molecular weight excluding hydrogens is 208 g/mol. The van der Waals surface area contributed by atoms with Crippen LogP contribution in [0.15, 0.2) is 30.3 Å². The fourth-order valence-electron chi connectivity index (χ4n) is 1.57. The summed E-state index contributed by atoms with van der Waals surface area (Å²) < 4.78 is 0. The number of benzene rings is 1. The summed E-state index contributed by atoms with van der Waals surface area (Å²) in [5.41, 5.74) is 1.09. The van der Waals surface area contributed by atoms with Gasteiger partial charge in [0.05, 0.1) is 6.54 Å². The highest BCUT2D eigenvalue weighted by Crippen LogP contribution is 2.11. The lowest BCUT2D eigenvalue weighted by atomic mass is 10.2. The number of hydrogen-bond donors (Lipinski definition) is 1. The normalized spacial score (nSPS) is 20.6. The Morgan fingerprint density at radius 3 is 2.60 bits per heavy atom. The van der Waals surface area contributed by atoms with Gasteiger partial charge in [-0.15, -0.1) is 0 Å². The van der Waals surface area contributed by atoms with E-state index in [1.165, 1.54) is 0 Å². The molecule has 0 radical (unpaired) electrons. The summed E-state index contributed by atoms with van der Waals surface area (Å²) in [6, 6.07) is 9.64. The van der Waals surface area contributed by atoms with E-state index in [4.69, 9.17) is 12.2 Å². The zero-order valence-electron chi connectivity index (χ0n) is 8.43. The van der Waals surface area contributed by atoms with Crippen molar-refractivity contribution < 1.29 is 4.79 Å². The molecule has 1 aliphatic heterocycles. The largest absolute Gasteiger partial charge is 0.351 e. The Bertz CT molecular complexity index is 391. The van der Waals surface area contributed by atoms with E-state index >= 15 is 0 Å². The summed E-state index contributed by atoms with van der Waals surface area (Å²) in [4.78, 5) is 13.3. The van der Waals surface area contributed by atoms with Gasteiger partial charge in [-0.05, 0) is 24.7 Å². The molecule has 1 amide bonds. The molecule has 1 aromatic rings. The van der Waals surface area contributed by atoms with E-state index < -0.39 is 0 Å². The van der Waals surface area contributed by atoms with Crippen molar-refractivity contribution in [2.75, 3.05) is 0 Å². The Hall–Kier alpha value is -1.42. The maximum absolute atomic E-state index is 11.7. The van der Waals surface area contributed by atoms with E-state index in [0.717, 1.165) is 5.56 Å². The van der Waals surface area contributed by atoms with Crippen LogP contribution in [0.4, 0.5) is 0 Å². The monoisotopic (exact) mass is 220 g/mol. The fraction of sp³-hybridized carbons (Fsp3) is 0.273. The van der Waals surface area contributed by atoms with Crippen LogP contribution < -0.4 is 5.32 Å². The molecule has 1 aromatic carbocycles. The topological polar surface area (TPSA) is 32.3 Å². The number of amides is 1. The minimum atomic E-state index is -0.193. The minimum absolute atomic E-state index is 0.0452. The van der Waals surface area contributed by atoms with Crippen LogP contribution in [-0.4, -0.2) is 22.0 Å². The number of rotatable bonds is 2. The zero-order valence-corrected chi connectivity index (χ0v) is 9.25. The summed E-state index contributed by atoms with van der Waals surface area (Å²) in [6.45, 7) is 2.37. The van der Waals surface area contributed by atoms with Crippen LogP contribution in [0.25, 0.3) is 0 Å². The average Bonchev–Trinajstić information content (AvgIpc) is 2.47. The molecule has 1 aliphatic rings. The van der Waals surface area contributed by atoms with Crippen LogP contribution in [0.5, 0.6) is 0 Å². The van der Waals surface area contributed by atoms with E-state index in [2.05, 4.69) is 5.32 Å². The predicted octanol–water partition coefficient (Wildman–Crippen LogP) is 1.29. The molecule has 0 saturated carbocycles. The fourth-order valence-corrected chi connectivity index (χ4v) is 1.91. The van der Waals surface area contributed by atoms with Gasteiger partial charge in [0.15, 0.2) is 5.11 Å². The van der Waals surface area contributed by atoms with Gasteiger partial charge >= 0.3 is 0 Å². The van der Waals surface area contributed by atoms with Crippen molar-refractivity contribution in [3.8, 4) is 0 Å². The number of carbonyl (C=O) groups excluding carboxylic acids is 1. The van der Waals surface area contributed by atoms with Gasteiger partial charge < -0.3 is 5.32 Å². The second kappa shape index (κ2) is 3.98. The van der Waals surface area contributed by atoms with E-state index in [-0.39, 0.29) is 11.9 Å². The smallest absolute Gasteiger partial charge is 0.251 e. The predicted molar refractivity (Wildman–Crippen MR) is 62.2 cm³/mol. The second-order valence-electron chi connectivity index (χ2n) is 3.58. The lowest BCUT2D eigenvalue weighted by Crippen LogP contribution is -2.30. The molecule has 4 heteroatoms. The molecule has 2 rings (SSSR count). The SMILES string of the molecule is C[C@@H]1NC(=S)N(Cc2ccccc2)C1=O. The number of nitrogens with one attached hydrogen (secondary N) is 1. The Balaban J connectivity index is 2.13. The minimum Gasteiger partial charge on any atom is -0.351 e. The van der Waals surface area contributed by atoms with Gasteiger partial charge in [-0.1, -0.05) is 30.3 Å². The summed E-state index contributed by atoms with van der Waals surface area (Å²) in [7, 11) is 0. The number of nitrogens with zero attached hydrogens (tertiary/aromatic N) is 1. The lowest BCUT2D eigenvalue weighted by Gasteiger charge is -2.14. The molecule has 3 nitrogen and oxygen atoms in total. The summed E-state index contributed by atoms with van der Waals surface area (Å²) in [5.74, 6) is 0.0452. The number of hydrogen-bond acceptors (Lipinski definition) is 2. The third-order valence-corrected chi connectivity index (χ3v) is 2.74. The van der Waals surface area contributed by atoms with Crippen LogP contribution in [0, 0.1) is 0 Å². The third kappa shape index (κ3) is 1.99.